The molecule has 594 valence electrons. The van der Waals surface area contributed by atoms with Crippen LogP contribution in [0.4, 0.5) is 0 Å². The Kier molecular flexibility index (Phi) is 81.1. The van der Waals surface area contributed by atoms with Gasteiger partial charge in [0.2, 0.25) is 0 Å². The fourth-order valence-electron chi connectivity index (χ4n) is 14.4. The van der Waals surface area contributed by atoms with Gasteiger partial charge in [0.05, 0.1) is 34.4 Å². The van der Waals surface area contributed by atoms with Crippen LogP contribution in [0.15, 0.2) is 12.2 Å². The fraction of sp³-hybridized carbons (Fsp3) is 0.945. The molecule has 0 aliphatic heterocycles. The molecule has 0 spiro atoms. The molecule has 1 N–H and O–H groups in total. The van der Waals surface area contributed by atoms with E-state index in [0.29, 0.717) is 17.4 Å². The minimum Gasteiger partial charge on any atom is -0.477 e. The standard InChI is InChI=1S/C91H177NO8/c1-6-8-10-12-14-16-18-20-22-24-26-28-30-32-34-36-38-40-42-44-46-47-49-51-53-55-57-59-61-63-65-67-69-71-73-75-77-79-81-88(93)98-85-87(86-99-91(90(95)96)97-84-83-92(3,4)5)100-89(94)82-80-78-76-74-72-70-68-66-64-62-60-58-56-54-52-50-48-45-43-41-39-37-35-33-31-29-27-25-23-21-19-17-15-13-11-9-7-2/h25,27,87,91H,6-24,26,28-86H2,1-5H3/p+1/b27-25-. The maximum atomic E-state index is 13.0. The average molecular weight is 1410 g/mol. The maximum Gasteiger partial charge on any atom is 0.361 e. The Bertz CT molecular complexity index is 1650. The number of carboxylic acid groups (broad SMARTS) is 1. The van der Waals surface area contributed by atoms with Gasteiger partial charge in [0.15, 0.2) is 6.10 Å². The van der Waals surface area contributed by atoms with Crippen molar-refractivity contribution in [3.63, 3.8) is 0 Å². The molecule has 0 bridgehead atoms. The lowest BCUT2D eigenvalue weighted by Crippen LogP contribution is -2.40. The lowest BCUT2D eigenvalue weighted by Gasteiger charge is -2.25. The summed E-state index contributed by atoms with van der Waals surface area (Å²) in [7, 11) is 6.01. The van der Waals surface area contributed by atoms with Gasteiger partial charge in [-0.15, -0.1) is 0 Å². The number of carboxylic acids is 1. The normalized spacial score (nSPS) is 12.5. The second-order valence-corrected chi connectivity index (χ2v) is 32.6. The molecule has 0 heterocycles. The molecule has 0 aromatic heterocycles. The summed E-state index contributed by atoms with van der Waals surface area (Å²) in [5, 5.41) is 9.79. The molecular formula is C91H178NO8+. The van der Waals surface area contributed by atoms with E-state index in [4.69, 9.17) is 18.9 Å². The van der Waals surface area contributed by atoms with E-state index in [1.54, 1.807) is 0 Å². The SMILES string of the molecule is CCCCCCCCCC/C=C\CCCCCCCCCCCCCCCCCCCCCCCCCCCC(=O)OC(COC(=O)CCCCCCCCCCCCCCCCCCCCCCCCCCCCCCCCCCCCCCCC)COC(OCC[N+](C)(C)C)C(=O)O. The first-order valence-corrected chi connectivity index (χ1v) is 45.4. The highest BCUT2D eigenvalue weighted by atomic mass is 16.7. The van der Waals surface area contributed by atoms with Gasteiger partial charge >= 0.3 is 17.9 Å². The van der Waals surface area contributed by atoms with E-state index >= 15 is 0 Å². The smallest absolute Gasteiger partial charge is 0.361 e. The van der Waals surface area contributed by atoms with Crippen molar-refractivity contribution < 1.29 is 42.9 Å². The third-order valence-electron chi connectivity index (χ3n) is 21.3. The van der Waals surface area contributed by atoms with Crippen molar-refractivity contribution in [3.05, 3.63) is 12.2 Å². The molecule has 0 aromatic carbocycles. The quantitative estimate of drug-likeness (QED) is 0.0211. The molecule has 9 heteroatoms. The zero-order valence-electron chi connectivity index (χ0n) is 68.4. The van der Waals surface area contributed by atoms with Gasteiger partial charge in [-0.2, -0.15) is 0 Å². The van der Waals surface area contributed by atoms with Crippen molar-refractivity contribution in [3.8, 4) is 0 Å². The number of ether oxygens (including phenoxy) is 4. The number of carbonyl (C=O) groups excluding carboxylic acids is 2. The summed E-state index contributed by atoms with van der Waals surface area (Å²) in [6.45, 7) is 4.99. The lowest BCUT2D eigenvalue weighted by atomic mass is 10.0. The van der Waals surface area contributed by atoms with Crippen LogP contribution in [0.5, 0.6) is 0 Å². The van der Waals surface area contributed by atoms with Crippen LogP contribution >= 0.6 is 0 Å². The van der Waals surface area contributed by atoms with Gasteiger partial charge in [0.25, 0.3) is 6.29 Å². The molecule has 0 aliphatic carbocycles. The van der Waals surface area contributed by atoms with E-state index < -0.39 is 18.4 Å². The van der Waals surface area contributed by atoms with Crippen LogP contribution in [0, 0.1) is 0 Å². The van der Waals surface area contributed by atoms with E-state index in [2.05, 4.69) is 26.0 Å². The first-order valence-electron chi connectivity index (χ1n) is 45.4. The van der Waals surface area contributed by atoms with Crippen molar-refractivity contribution in [2.45, 2.75) is 508 Å². The first kappa shape index (κ1) is 98.0. The van der Waals surface area contributed by atoms with Gasteiger partial charge < -0.3 is 28.5 Å². The highest BCUT2D eigenvalue weighted by molar-refractivity contribution is 5.71. The summed E-state index contributed by atoms with van der Waals surface area (Å²) in [6, 6.07) is 0. The van der Waals surface area contributed by atoms with E-state index in [1.807, 2.05) is 21.1 Å². The Morgan fingerprint density at radius 1 is 0.290 bits per heavy atom. The second-order valence-electron chi connectivity index (χ2n) is 32.6. The molecule has 9 nitrogen and oxygen atoms in total. The van der Waals surface area contributed by atoms with Gasteiger partial charge in [0.1, 0.15) is 13.2 Å². The minimum absolute atomic E-state index is 0.172. The molecule has 2 atom stereocenters. The van der Waals surface area contributed by atoms with E-state index in [0.717, 1.165) is 38.5 Å². The highest BCUT2D eigenvalue weighted by Crippen LogP contribution is 2.22. The van der Waals surface area contributed by atoms with Crippen LogP contribution in [0.25, 0.3) is 0 Å². The number of rotatable bonds is 87. The van der Waals surface area contributed by atoms with Gasteiger partial charge in [-0.1, -0.05) is 456 Å². The minimum atomic E-state index is -1.51. The fourth-order valence-corrected chi connectivity index (χ4v) is 14.4. The van der Waals surface area contributed by atoms with Gasteiger partial charge in [-0.05, 0) is 38.5 Å². The molecule has 0 saturated heterocycles. The number of allylic oxidation sites excluding steroid dienone is 2. The van der Waals surface area contributed by atoms with Crippen molar-refractivity contribution >= 4 is 17.9 Å². The molecule has 0 amide bonds. The van der Waals surface area contributed by atoms with E-state index in [1.165, 1.54) is 430 Å². The summed E-state index contributed by atoms with van der Waals surface area (Å²) < 4.78 is 23.1. The van der Waals surface area contributed by atoms with Crippen LogP contribution in [0.1, 0.15) is 495 Å². The number of quaternary nitrogens is 1. The van der Waals surface area contributed by atoms with Crippen molar-refractivity contribution in [2.24, 2.45) is 0 Å². The number of likely N-dealkylation sites (N-methyl/N-ethyl adjacent to an activating group) is 1. The summed E-state index contributed by atoms with van der Waals surface area (Å²) in [5.41, 5.74) is 0. The van der Waals surface area contributed by atoms with Gasteiger partial charge in [0, 0.05) is 12.8 Å². The van der Waals surface area contributed by atoms with Gasteiger partial charge in [-0.25, -0.2) is 4.79 Å². The predicted molar refractivity (Wildman–Crippen MR) is 434 cm³/mol. The third-order valence-corrected chi connectivity index (χ3v) is 21.3. The molecule has 0 saturated carbocycles. The topological polar surface area (TPSA) is 108 Å². The van der Waals surface area contributed by atoms with E-state index in [-0.39, 0.29) is 38.2 Å². The predicted octanol–water partition coefficient (Wildman–Crippen LogP) is 29.4. The van der Waals surface area contributed by atoms with Crippen LogP contribution in [0.3, 0.4) is 0 Å². The Labute approximate surface area is 625 Å². The average Bonchev–Trinajstić information content (AvgIpc) is 1.14. The molecule has 0 rings (SSSR count). The van der Waals surface area contributed by atoms with Crippen LogP contribution in [0.2, 0.25) is 0 Å². The molecule has 0 radical (unpaired) electrons. The number of esters is 2. The van der Waals surface area contributed by atoms with Crippen molar-refractivity contribution in [1.82, 2.24) is 0 Å². The number of nitrogens with zero attached hydrogens (tertiary/aromatic N) is 1. The van der Waals surface area contributed by atoms with Crippen LogP contribution in [-0.4, -0.2) is 87.4 Å². The monoisotopic (exact) mass is 1410 g/mol. The van der Waals surface area contributed by atoms with Crippen LogP contribution < -0.4 is 0 Å². The van der Waals surface area contributed by atoms with E-state index in [9.17, 15) is 19.5 Å². The first-order chi connectivity index (χ1) is 49.1. The Balaban J connectivity index is 3.88. The Morgan fingerprint density at radius 3 is 0.740 bits per heavy atom. The largest absolute Gasteiger partial charge is 0.477 e. The maximum absolute atomic E-state index is 13.0. The Hall–Kier alpha value is -1.97. The molecular weight excluding hydrogens is 1230 g/mol. The molecule has 0 aliphatic rings. The summed E-state index contributed by atoms with van der Waals surface area (Å²) in [6.07, 6.45) is 103. The molecule has 2 unspecified atom stereocenters. The number of aliphatic carboxylic acids is 1. The highest BCUT2D eigenvalue weighted by Gasteiger charge is 2.25. The zero-order valence-corrected chi connectivity index (χ0v) is 68.4. The number of hydrogen-bond acceptors (Lipinski definition) is 7. The second kappa shape index (κ2) is 82.7. The summed E-state index contributed by atoms with van der Waals surface area (Å²) >= 11 is 0. The Morgan fingerprint density at radius 2 is 0.510 bits per heavy atom. The lowest BCUT2D eigenvalue weighted by molar-refractivity contribution is -0.870. The van der Waals surface area contributed by atoms with Crippen LogP contribution in [-0.2, 0) is 33.3 Å². The molecule has 0 aromatic rings. The molecule has 100 heavy (non-hydrogen) atoms. The van der Waals surface area contributed by atoms with Crippen molar-refractivity contribution in [1.29, 1.82) is 0 Å². The summed E-state index contributed by atoms with van der Waals surface area (Å²) in [4.78, 5) is 37.8. The third kappa shape index (κ3) is 83.3. The van der Waals surface area contributed by atoms with Crippen molar-refractivity contribution in [2.75, 3.05) is 47.5 Å². The van der Waals surface area contributed by atoms with Gasteiger partial charge in [-0.3, -0.25) is 9.59 Å². The zero-order chi connectivity index (χ0) is 72.5. The number of unbranched alkanes of at least 4 members (excludes halogenated alkanes) is 70. The number of hydrogen-bond donors (Lipinski definition) is 1. The number of carbonyl (C=O) groups is 3. The summed E-state index contributed by atoms with van der Waals surface area (Å²) in [5.74, 6) is -1.96. The molecule has 0 fully saturated rings.